The van der Waals surface area contributed by atoms with E-state index >= 15 is 0 Å². The number of esters is 1. The monoisotopic (exact) mass is 387 g/mol. The maximum absolute atomic E-state index is 11.7. The first-order valence-electron chi connectivity index (χ1n) is 8.86. The number of hydrogen-bond acceptors (Lipinski definition) is 7. The number of carbonyl (C=O) groups excluding carboxylic acids is 2. The summed E-state index contributed by atoms with van der Waals surface area (Å²) in [5.41, 5.74) is 0.582. The Hall–Kier alpha value is -3.42. The predicted molar refractivity (Wildman–Crippen MR) is 100 cm³/mol. The van der Waals surface area contributed by atoms with E-state index in [0.29, 0.717) is 17.7 Å². The zero-order valence-corrected chi connectivity index (χ0v) is 15.5. The molecule has 0 bridgehead atoms. The van der Waals surface area contributed by atoms with Gasteiger partial charge in [0.15, 0.2) is 0 Å². The fourth-order valence-electron chi connectivity index (χ4n) is 2.26. The lowest BCUT2D eigenvalue weighted by Gasteiger charge is -2.07. The van der Waals surface area contributed by atoms with Crippen LogP contribution in [0.4, 0.5) is 10.5 Å². The van der Waals surface area contributed by atoms with Gasteiger partial charge in [0.2, 0.25) is 0 Å². The van der Waals surface area contributed by atoms with E-state index in [2.05, 4.69) is 6.92 Å². The molecule has 8 heteroatoms. The smallest absolute Gasteiger partial charge is 0.429 e. The van der Waals surface area contributed by atoms with Crippen molar-refractivity contribution in [1.29, 1.82) is 0 Å². The number of rotatable bonds is 9. The number of benzene rings is 2. The fourth-order valence-corrected chi connectivity index (χ4v) is 2.26. The third kappa shape index (κ3) is 7.06. The number of carbonyl (C=O) groups is 2. The van der Waals surface area contributed by atoms with Crippen molar-refractivity contribution in [2.45, 2.75) is 39.2 Å². The fraction of sp³-hybridized carbons (Fsp3) is 0.300. The minimum absolute atomic E-state index is 0.0312. The van der Waals surface area contributed by atoms with E-state index in [1.54, 1.807) is 24.3 Å². The Morgan fingerprint density at radius 1 is 0.929 bits per heavy atom. The van der Waals surface area contributed by atoms with Crippen LogP contribution in [-0.2, 0) is 16.1 Å². The second-order valence-corrected chi connectivity index (χ2v) is 5.97. The van der Waals surface area contributed by atoms with Crippen LogP contribution in [0.2, 0.25) is 0 Å². The summed E-state index contributed by atoms with van der Waals surface area (Å²) in [6.45, 7) is 2.03. The van der Waals surface area contributed by atoms with Gasteiger partial charge in [-0.1, -0.05) is 31.9 Å². The molecule has 0 unspecified atom stereocenters. The van der Waals surface area contributed by atoms with Gasteiger partial charge in [-0.2, -0.15) is 0 Å². The minimum Gasteiger partial charge on any atom is -0.429 e. The molecule has 0 aliphatic heterocycles. The van der Waals surface area contributed by atoms with Crippen LogP contribution < -0.4 is 9.47 Å². The molecule has 0 heterocycles. The maximum atomic E-state index is 11.7. The molecule has 0 spiro atoms. The van der Waals surface area contributed by atoms with Gasteiger partial charge < -0.3 is 14.2 Å². The van der Waals surface area contributed by atoms with Gasteiger partial charge in [0.25, 0.3) is 5.69 Å². The minimum atomic E-state index is -0.930. The number of ether oxygens (including phenoxy) is 3. The van der Waals surface area contributed by atoms with Crippen molar-refractivity contribution in [1.82, 2.24) is 0 Å². The molecule has 0 atom stereocenters. The Morgan fingerprint density at radius 2 is 1.54 bits per heavy atom. The SMILES string of the molecule is CCCCCC(=O)Oc1ccc(COC(=O)Oc2ccc([N+](=O)[O-])cc2)cc1. The van der Waals surface area contributed by atoms with Crippen LogP contribution in [0.3, 0.4) is 0 Å². The first-order valence-corrected chi connectivity index (χ1v) is 8.86. The number of hydrogen-bond donors (Lipinski definition) is 0. The summed E-state index contributed by atoms with van der Waals surface area (Å²) in [6, 6.07) is 11.7. The summed E-state index contributed by atoms with van der Waals surface area (Å²) in [5.74, 6) is 0.295. The molecule has 0 aliphatic rings. The topological polar surface area (TPSA) is 105 Å². The number of unbranched alkanes of at least 4 members (excludes halogenated alkanes) is 2. The van der Waals surface area contributed by atoms with E-state index in [4.69, 9.17) is 14.2 Å². The number of nitro groups is 1. The van der Waals surface area contributed by atoms with Crippen molar-refractivity contribution in [3.05, 3.63) is 64.2 Å². The molecule has 28 heavy (non-hydrogen) atoms. The third-order valence-electron chi connectivity index (χ3n) is 3.74. The van der Waals surface area contributed by atoms with Gasteiger partial charge in [0.05, 0.1) is 4.92 Å². The van der Waals surface area contributed by atoms with E-state index < -0.39 is 11.1 Å². The summed E-state index contributed by atoms with van der Waals surface area (Å²) in [5, 5.41) is 10.6. The molecular weight excluding hydrogens is 366 g/mol. The molecular formula is C20H21NO7. The van der Waals surface area contributed by atoms with E-state index in [0.717, 1.165) is 19.3 Å². The van der Waals surface area contributed by atoms with Crippen LogP contribution in [0.1, 0.15) is 38.2 Å². The van der Waals surface area contributed by atoms with Gasteiger partial charge in [0.1, 0.15) is 18.1 Å². The van der Waals surface area contributed by atoms with Gasteiger partial charge in [-0.05, 0) is 36.2 Å². The highest BCUT2D eigenvalue weighted by Crippen LogP contribution is 2.18. The average molecular weight is 387 g/mol. The van der Waals surface area contributed by atoms with Gasteiger partial charge in [0, 0.05) is 18.6 Å². The van der Waals surface area contributed by atoms with Crippen LogP contribution in [0.25, 0.3) is 0 Å². The molecule has 148 valence electrons. The molecule has 0 saturated heterocycles. The Balaban J connectivity index is 1.76. The third-order valence-corrected chi connectivity index (χ3v) is 3.74. The normalized spacial score (nSPS) is 10.2. The highest BCUT2D eigenvalue weighted by molar-refractivity contribution is 5.72. The van der Waals surface area contributed by atoms with Crippen molar-refractivity contribution in [2.24, 2.45) is 0 Å². The van der Waals surface area contributed by atoms with Crippen LogP contribution in [0.5, 0.6) is 11.5 Å². The van der Waals surface area contributed by atoms with Crippen LogP contribution in [-0.4, -0.2) is 17.0 Å². The van der Waals surface area contributed by atoms with Crippen LogP contribution >= 0.6 is 0 Å². The quantitative estimate of drug-likeness (QED) is 0.152. The van der Waals surface area contributed by atoms with Gasteiger partial charge in [-0.15, -0.1) is 0 Å². The standard InChI is InChI=1S/C20H21NO7/c1-2-3-4-5-19(22)27-17-10-6-15(7-11-17)14-26-20(23)28-18-12-8-16(9-13-18)21(24)25/h6-13H,2-5,14H2,1H3. The number of non-ortho nitro benzene ring substituents is 1. The van der Waals surface area contributed by atoms with Gasteiger partial charge in [-0.25, -0.2) is 4.79 Å². The van der Waals surface area contributed by atoms with E-state index in [1.165, 1.54) is 24.3 Å². The van der Waals surface area contributed by atoms with Crippen molar-refractivity contribution >= 4 is 17.8 Å². The molecule has 2 aromatic carbocycles. The number of nitro benzene ring substituents is 1. The lowest BCUT2D eigenvalue weighted by molar-refractivity contribution is -0.384. The van der Waals surface area contributed by atoms with Crippen molar-refractivity contribution < 1.29 is 28.7 Å². The highest BCUT2D eigenvalue weighted by Gasteiger charge is 2.10. The lowest BCUT2D eigenvalue weighted by Crippen LogP contribution is -2.10. The highest BCUT2D eigenvalue weighted by atomic mass is 16.7. The molecule has 0 aliphatic carbocycles. The summed E-state index contributed by atoms with van der Waals surface area (Å²) in [6.07, 6.45) is 2.28. The maximum Gasteiger partial charge on any atom is 0.514 e. The van der Waals surface area contributed by atoms with Gasteiger partial charge >= 0.3 is 12.1 Å². The Labute approximate surface area is 162 Å². The Bertz CT molecular complexity index is 800. The summed E-state index contributed by atoms with van der Waals surface area (Å²) in [7, 11) is 0. The van der Waals surface area contributed by atoms with Crippen molar-refractivity contribution in [2.75, 3.05) is 0 Å². The molecule has 0 amide bonds. The molecule has 0 fully saturated rings. The van der Waals surface area contributed by atoms with E-state index in [1.807, 2.05) is 0 Å². The lowest BCUT2D eigenvalue weighted by atomic mass is 10.2. The molecule has 0 aromatic heterocycles. The molecule has 2 aromatic rings. The van der Waals surface area contributed by atoms with Crippen LogP contribution in [0.15, 0.2) is 48.5 Å². The van der Waals surface area contributed by atoms with Gasteiger partial charge in [-0.3, -0.25) is 14.9 Å². The van der Waals surface area contributed by atoms with E-state index in [-0.39, 0.29) is 24.0 Å². The summed E-state index contributed by atoms with van der Waals surface area (Å²) < 4.78 is 15.2. The zero-order valence-electron chi connectivity index (χ0n) is 15.5. The molecule has 0 radical (unpaired) electrons. The largest absolute Gasteiger partial charge is 0.514 e. The zero-order chi connectivity index (χ0) is 20.4. The summed E-state index contributed by atoms with van der Waals surface area (Å²) >= 11 is 0. The van der Waals surface area contributed by atoms with Crippen molar-refractivity contribution in [3.8, 4) is 11.5 Å². The number of nitrogens with zero attached hydrogens (tertiary/aromatic N) is 1. The van der Waals surface area contributed by atoms with E-state index in [9.17, 15) is 19.7 Å². The molecule has 2 rings (SSSR count). The second-order valence-electron chi connectivity index (χ2n) is 5.97. The first-order chi connectivity index (χ1) is 13.5. The first kappa shape index (κ1) is 20.9. The average Bonchev–Trinajstić information content (AvgIpc) is 2.68. The Kier molecular flexibility index (Phi) is 7.95. The predicted octanol–water partition coefficient (Wildman–Crippen LogP) is 4.80. The van der Waals surface area contributed by atoms with Crippen molar-refractivity contribution in [3.63, 3.8) is 0 Å². The van der Waals surface area contributed by atoms with Crippen LogP contribution in [0, 0.1) is 10.1 Å². The summed E-state index contributed by atoms with van der Waals surface area (Å²) in [4.78, 5) is 33.4. The molecule has 0 N–H and O–H groups in total. The molecule has 8 nitrogen and oxygen atoms in total. The second kappa shape index (κ2) is 10.7. The Morgan fingerprint density at radius 3 is 2.14 bits per heavy atom. The molecule has 0 saturated carbocycles.